The third-order valence-electron chi connectivity index (χ3n) is 3.30. The molecule has 1 aromatic rings. The number of piperidine rings is 1. The molecule has 2 rings (SSSR count). The molecule has 1 aliphatic heterocycles. The number of likely N-dealkylation sites (tertiary alicyclic amines) is 1. The van der Waals surface area contributed by atoms with Gasteiger partial charge in [-0.05, 0) is 31.4 Å². The molecule has 1 heterocycles. The van der Waals surface area contributed by atoms with Gasteiger partial charge in [0.2, 0.25) is 0 Å². The second-order valence-corrected chi connectivity index (χ2v) is 4.66. The van der Waals surface area contributed by atoms with E-state index in [1.54, 1.807) is 6.07 Å². The average Bonchev–Trinajstić information content (AvgIpc) is 2.46. The molecular weight excluding hydrogens is 265 g/mol. The van der Waals surface area contributed by atoms with Crippen molar-refractivity contribution in [3.8, 4) is 5.75 Å². The highest BCUT2D eigenvalue weighted by Gasteiger charge is 2.32. The van der Waals surface area contributed by atoms with Crippen molar-refractivity contribution in [3.05, 3.63) is 30.1 Å². The van der Waals surface area contributed by atoms with Crippen LogP contribution in [0.1, 0.15) is 19.3 Å². The molecule has 0 radical (unpaired) electrons. The van der Waals surface area contributed by atoms with Crippen molar-refractivity contribution in [2.75, 3.05) is 13.2 Å². The summed E-state index contributed by atoms with van der Waals surface area (Å²) in [6.07, 6.45) is 2.00. The van der Waals surface area contributed by atoms with E-state index < -0.39 is 23.7 Å². The minimum absolute atomic E-state index is 0.00951. The Morgan fingerprint density at radius 1 is 1.35 bits per heavy atom. The number of carbonyl (C=O) groups is 2. The Morgan fingerprint density at radius 2 is 2.10 bits per heavy atom. The van der Waals surface area contributed by atoms with Crippen molar-refractivity contribution < 1.29 is 23.8 Å². The number of para-hydroxylation sites is 1. The number of aliphatic carboxylic acids is 1. The van der Waals surface area contributed by atoms with Gasteiger partial charge in [-0.25, -0.2) is 9.18 Å². The average molecular weight is 281 g/mol. The van der Waals surface area contributed by atoms with Gasteiger partial charge < -0.3 is 14.7 Å². The highest BCUT2D eigenvalue weighted by atomic mass is 19.1. The van der Waals surface area contributed by atoms with Gasteiger partial charge in [-0.1, -0.05) is 12.1 Å². The van der Waals surface area contributed by atoms with Crippen LogP contribution in [0.2, 0.25) is 0 Å². The van der Waals surface area contributed by atoms with Crippen LogP contribution in [0.5, 0.6) is 5.75 Å². The number of rotatable bonds is 4. The summed E-state index contributed by atoms with van der Waals surface area (Å²) in [5.41, 5.74) is 0. The molecule has 1 atom stereocenters. The van der Waals surface area contributed by atoms with E-state index >= 15 is 0 Å². The van der Waals surface area contributed by atoms with Crippen molar-refractivity contribution in [2.45, 2.75) is 25.3 Å². The first kappa shape index (κ1) is 14.3. The number of hydrogen-bond acceptors (Lipinski definition) is 3. The highest BCUT2D eigenvalue weighted by molar-refractivity contribution is 5.84. The summed E-state index contributed by atoms with van der Waals surface area (Å²) in [5, 5.41) is 9.09. The summed E-state index contributed by atoms with van der Waals surface area (Å²) in [5.74, 6) is -2.00. The first-order valence-corrected chi connectivity index (χ1v) is 6.49. The monoisotopic (exact) mass is 281 g/mol. The fourth-order valence-corrected chi connectivity index (χ4v) is 2.27. The van der Waals surface area contributed by atoms with Crippen molar-refractivity contribution >= 4 is 11.9 Å². The molecule has 108 valence electrons. The molecule has 1 saturated heterocycles. The standard InChI is InChI=1S/C14H16FNO4/c15-10-5-1-2-7-12(10)20-9-13(17)16-8-4-3-6-11(16)14(18)19/h1-2,5,7,11H,3-4,6,8-9H2,(H,18,19)/t11-/m1/s1. The van der Waals surface area contributed by atoms with E-state index in [0.717, 1.165) is 12.8 Å². The minimum Gasteiger partial charge on any atom is -0.481 e. The number of carboxylic acids is 1. The van der Waals surface area contributed by atoms with Gasteiger partial charge in [0.1, 0.15) is 6.04 Å². The maximum atomic E-state index is 13.3. The molecule has 1 aromatic carbocycles. The zero-order chi connectivity index (χ0) is 14.5. The van der Waals surface area contributed by atoms with E-state index in [1.807, 2.05) is 0 Å². The number of benzene rings is 1. The maximum Gasteiger partial charge on any atom is 0.326 e. The summed E-state index contributed by atoms with van der Waals surface area (Å²) in [6, 6.07) is 4.98. The van der Waals surface area contributed by atoms with Gasteiger partial charge in [0.05, 0.1) is 0 Å². The molecule has 0 saturated carbocycles. The number of ether oxygens (including phenoxy) is 1. The van der Waals surface area contributed by atoms with Crippen LogP contribution in [0.15, 0.2) is 24.3 Å². The molecule has 0 unspecified atom stereocenters. The molecule has 0 aromatic heterocycles. The van der Waals surface area contributed by atoms with E-state index in [1.165, 1.54) is 23.1 Å². The van der Waals surface area contributed by atoms with Gasteiger partial charge >= 0.3 is 5.97 Å². The SMILES string of the molecule is O=C(O)[C@H]1CCCCN1C(=O)COc1ccccc1F. The Labute approximate surface area is 116 Å². The molecule has 0 aliphatic carbocycles. The van der Waals surface area contributed by atoms with Gasteiger partial charge in [-0.2, -0.15) is 0 Å². The third kappa shape index (κ3) is 3.26. The predicted octanol–water partition coefficient (Wildman–Crippen LogP) is 1.67. The highest BCUT2D eigenvalue weighted by Crippen LogP contribution is 2.19. The van der Waals surface area contributed by atoms with Crippen molar-refractivity contribution in [1.82, 2.24) is 4.90 Å². The quantitative estimate of drug-likeness (QED) is 0.911. The number of hydrogen-bond donors (Lipinski definition) is 1. The molecule has 1 aliphatic rings. The summed E-state index contributed by atoms with van der Waals surface area (Å²) in [4.78, 5) is 24.4. The van der Waals surface area contributed by atoms with Gasteiger partial charge in [0.25, 0.3) is 5.91 Å². The van der Waals surface area contributed by atoms with Gasteiger partial charge in [0.15, 0.2) is 18.2 Å². The Morgan fingerprint density at radius 3 is 2.80 bits per heavy atom. The van der Waals surface area contributed by atoms with Crippen LogP contribution in [-0.4, -0.2) is 41.1 Å². The molecule has 5 nitrogen and oxygen atoms in total. The maximum absolute atomic E-state index is 13.3. The van der Waals surface area contributed by atoms with Crippen LogP contribution >= 0.6 is 0 Å². The smallest absolute Gasteiger partial charge is 0.326 e. The van der Waals surface area contributed by atoms with Crippen LogP contribution in [0, 0.1) is 5.82 Å². The predicted molar refractivity (Wildman–Crippen MR) is 68.9 cm³/mol. The molecule has 20 heavy (non-hydrogen) atoms. The largest absolute Gasteiger partial charge is 0.481 e. The molecule has 0 bridgehead atoms. The van der Waals surface area contributed by atoms with Gasteiger partial charge in [-0.15, -0.1) is 0 Å². The zero-order valence-electron chi connectivity index (χ0n) is 10.9. The number of carboxylic acid groups (broad SMARTS) is 1. The second-order valence-electron chi connectivity index (χ2n) is 4.66. The molecular formula is C14H16FNO4. The van der Waals surface area contributed by atoms with Crippen LogP contribution < -0.4 is 4.74 Å². The topological polar surface area (TPSA) is 66.8 Å². The van der Waals surface area contributed by atoms with E-state index in [2.05, 4.69) is 0 Å². The van der Waals surface area contributed by atoms with E-state index in [9.17, 15) is 14.0 Å². The lowest BCUT2D eigenvalue weighted by atomic mass is 10.0. The van der Waals surface area contributed by atoms with E-state index in [-0.39, 0.29) is 12.4 Å². The van der Waals surface area contributed by atoms with Crippen LogP contribution in [0.4, 0.5) is 4.39 Å². The Kier molecular flexibility index (Phi) is 4.55. The zero-order valence-corrected chi connectivity index (χ0v) is 10.9. The van der Waals surface area contributed by atoms with Crippen LogP contribution in [0.3, 0.4) is 0 Å². The second kappa shape index (κ2) is 6.36. The number of amides is 1. The molecule has 1 fully saturated rings. The first-order valence-electron chi connectivity index (χ1n) is 6.49. The van der Waals surface area contributed by atoms with Gasteiger partial charge in [0, 0.05) is 6.54 Å². The Balaban J connectivity index is 1.97. The Hall–Kier alpha value is -2.11. The molecule has 1 amide bonds. The van der Waals surface area contributed by atoms with E-state index in [0.29, 0.717) is 13.0 Å². The lowest BCUT2D eigenvalue weighted by molar-refractivity contribution is -0.152. The van der Waals surface area contributed by atoms with E-state index in [4.69, 9.17) is 9.84 Å². The van der Waals surface area contributed by atoms with Gasteiger partial charge in [-0.3, -0.25) is 4.79 Å². The minimum atomic E-state index is -1.01. The molecule has 1 N–H and O–H groups in total. The lowest BCUT2D eigenvalue weighted by Crippen LogP contribution is -2.49. The number of nitrogens with zero attached hydrogens (tertiary/aromatic N) is 1. The van der Waals surface area contributed by atoms with Crippen LogP contribution in [-0.2, 0) is 9.59 Å². The molecule has 0 spiro atoms. The normalized spacial score (nSPS) is 18.6. The first-order chi connectivity index (χ1) is 9.59. The summed E-state index contributed by atoms with van der Waals surface area (Å²) in [7, 11) is 0. The van der Waals surface area contributed by atoms with Crippen molar-refractivity contribution in [1.29, 1.82) is 0 Å². The van der Waals surface area contributed by atoms with Crippen molar-refractivity contribution in [2.24, 2.45) is 0 Å². The number of carbonyl (C=O) groups excluding carboxylic acids is 1. The summed E-state index contributed by atoms with van der Waals surface area (Å²) in [6.45, 7) is 0.0428. The summed E-state index contributed by atoms with van der Waals surface area (Å²) < 4.78 is 18.5. The lowest BCUT2D eigenvalue weighted by Gasteiger charge is -2.32. The number of halogens is 1. The third-order valence-corrected chi connectivity index (χ3v) is 3.30. The summed E-state index contributed by atoms with van der Waals surface area (Å²) >= 11 is 0. The fourth-order valence-electron chi connectivity index (χ4n) is 2.27. The molecule has 6 heteroatoms. The Bertz CT molecular complexity index is 506. The fraction of sp³-hybridized carbons (Fsp3) is 0.429. The van der Waals surface area contributed by atoms with Crippen molar-refractivity contribution in [3.63, 3.8) is 0 Å². The van der Waals surface area contributed by atoms with Crippen LogP contribution in [0.25, 0.3) is 0 Å².